The van der Waals surface area contributed by atoms with E-state index in [1.54, 1.807) is 0 Å². The Balaban J connectivity index is 2.43. The molecule has 1 amide bonds. The summed E-state index contributed by atoms with van der Waals surface area (Å²) in [4.78, 5) is 22.5. The summed E-state index contributed by atoms with van der Waals surface area (Å²) in [5.41, 5.74) is 5.31. The van der Waals surface area contributed by atoms with Crippen LogP contribution in [-0.2, 0) is 9.59 Å². The zero-order chi connectivity index (χ0) is 12.0. The first-order chi connectivity index (χ1) is 7.65. The van der Waals surface area contributed by atoms with E-state index in [0.717, 1.165) is 19.3 Å². The van der Waals surface area contributed by atoms with E-state index >= 15 is 0 Å². The third kappa shape index (κ3) is 3.81. The maximum Gasteiger partial charge on any atom is 0.308 e. The van der Waals surface area contributed by atoms with Gasteiger partial charge in [0.25, 0.3) is 0 Å². The fourth-order valence-corrected chi connectivity index (χ4v) is 2.14. The first-order valence-electron chi connectivity index (χ1n) is 5.87. The van der Waals surface area contributed by atoms with Gasteiger partial charge in [0.2, 0.25) is 5.91 Å². The van der Waals surface area contributed by atoms with E-state index in [1.165, 1.54) is 0 Å². The molecule has 0 aromatic rings. The van der Waals surface area contributed by atoms with E-state index in [-0.39, 0.29) is 11.9 Å². The molecule has 0 radical (unpaired) electrons. The molecule has 1 aliphatic rings. The highest BCUT2D eigenvalue weighted by atomic mass is 16.4. The fraction of sp³-hybridized carbons (Fsp3) is 0.818. The average Bonchev–Trinajstić information content (AvgIpc) is 2.27. The largest absolute Gasteiger partial charge is 0.481 e. The highest BCUT2D eigenvalue weighted by Gasteiger charge is 2.31. The van der Waals surface area contributed by atoms with E-state index in [1.807, 2.05) is 0 Å². The van der Waals surface area contributed by atoms with Crippen LogP contribution in [0.2, 0.25) is 0 Å². The van der Waals surface area contributed by atoms with Crippen LogP contribution in [-0.4, -0.2) is 29.6 Å². The minimum atomic E-state index is -0.802. The molecule has 1 saturated carbocycles. The normalized spacial score (nSPS) is 25.1. The third-order valence-corrected chi connectivity index (χ3v) is 3.04. The van der Waals surface area contributed by atoms with Crippen LogP contribution in [0.5, 0.6) is 0 Å². The highest BCUT2D eigenvalue weighted by molar-refractivity contribution is 5.78. The van der Waals surface area contributed by atoms with Gasteiger partial charge in [0.15, 0.2) is 0 Å². The lowest BCUT2D eigenvalue weighted by molar-refractivity contribution is -0.144. The summed E-state index contributed by atoms with van der Waals surface area (Å²) in [6, 6.07) is -0.198. The Labute approximate surface area is 95.4 Å². The van der Waals surface area contributed by atoms with Gasteiger partial charge in [-0.25, -0.2) is 0 Å². The Hall–Kier alpha value is -1.10. The smallest absolute Gasteiger partial charge is 0.308 e. The predicted octanol–water partition coefficient (Wildman–Crippen LogP) is 0.485. The second-order valence-corrected chi connectivity index (χ2v) is 4.30. The molecule has 0 bridgehead atoms. The van der Waals surface area contributed by atoms with Crippen molar-refractivity contribution < 1.29 is 14.7 Å². The predicted molar refractivity (Wildman–Crippen MR) is 59.8 cm³/mol. The number of carbonyl (C=O) groups is 2. The summed E-state index contributed by atoms with van der Waals surface area (Å²) in [6.07, 6.45) is 4.40. The lowest BCUT2D eigenvalue weighted by Gasteiger charge is -2.29. The molecule has 0 aromatic heterocycles. The molecule has 16 heavy (non-hydrogen) atoms. The number of aliphatic carboxylic acids is 1. The van der Waals surface area contributed by atoms with Crippen LogP contribution in [0.1, 0.15) is 38.5 Å². The van der Waals surface area contributed by atoms with Gasteiger partial charge < -0.3 is 16.2 Å². The van der Waals surface area contributed by atoms with Crippen LogP contribution in [0.3, 0.4) is 0 Å². The zero-order valence-electron chi connectivity index (χ0n) is 9.45. The van der Waals surface area contributed by atoms with Gasteiger partial charge in [-0.05, 0) is 25.8 Å². The Kier molecular flexibility index (Phi) is 5.25. The molecule has 0 aliphatic heterocycles. The standard InChI is InChI=1S/C11H20N2O3/c12-7-3-6-10(14)13-9-5-2-1-4-8(9)11(15)16/h8-9H,1-7,12H2,(H,13,14)(H,15,16). The summed E-state index contributed by atoms with van der Waals surface area (Å²) >= 11 is 0. The Morgan fingerprint density at radius 1 is 1.31 bits per heavy atom. The second-order valence-electron chi connectivity index (χ2n) is 4.30. The summed E-state index contributed by atoms with van der Waals surface area (Å²) in [7, 11) is 0. The van der Waals surface area contributed by atoms with Crippen molar-refractivity contribution in [1.82, 2.24) is 5.32 Å². The van der Waals surface area contributed by atoms with Gasteiger partial charge in [0, 0.05) is 12.5 Å². The van der Waals surface area contributed by atoms with Crippen molar-refractivity contribution >= 4 is 11.9 Å². The van der Waals surface area contributed by atoms with Crippen molar-refractivity contribution in [2.45, 2.75) is 44.6 Å². The molecule has 5 heteroatoms. The van der Waals surface area contributed by atoms with Gasteiger partial charge in [-0.3, -0.25) is 9.59 Å². The molecule has 1 rings (SSSR count). The van der Waals surface area contributed by atoms with Crippen LogP contribution in [0.25, 0.3) is 0 Å². The Morgan fingerprint density at radius 3 is 2.62 bits per heavy atom. The zero-order valence-corrected chi connectivity index (χ0v) is 9.45. The van der Waals surface area contributed by atoms with E-state index < -0.39 is 11.9 Å². The van der Waals surface area contributed by atoms with Crippen molar-refractivity contribution in [2.24, 2.45) is 11.7 Å². The van der Waals surface area contributed by atoms with E-state index in [4.69, 9.17) is 10.8 Å². The highest BCUT2D eigenvalue weighted by Crippen LogP contribution is 2.24. The SMILES string of the molecule is NCCCC(=O)NC1CCCCC1C(=O)O. The number of nitrogens with one attached hydrogen (secondary N) is 1. The molecule has 0 saturated heterocycles. The number of rotatable bonds is 5. The fourth-order valence-electron chi connectivity index (χ4n) is 2.14. The summed E-state index contributed by atoms with van der Waals surface area (Å²) in [5.74, 6) is -1.30. The summed E-state index contributed by atoms with van der Waals surface area (Å²) in [5, 5.41) is 11.8. The molecule has 0 heterocycles. The molecule has 2 unspecified atom stereocenters. The summed E-state index contributed by atoms with van der Waals surface area (Å²) < 4.78 is 0. The number of carboxylic acid groups (broad SMARTS) is 1. The monoisotopic (exact) mass is 228 g/mol. The van der Waals surface area contributed by atoms with Crippen LogP contribution in [0.15, 0.2) is 0 Å². The van der Waals surface area contributed by atoms with E-state index in [2.05, 4.69) is 5.32 Å². The van der Waals surface area contributed by atoms with Crippen LogP contribution in [0, 0.1) is 5.92 Å². The Bertz CT molecular complexity index is 256. The third-order valence-electron chi connectivity index (χ3n) is 3.04. The number of carbonyl (C=O) groups excluding carboxylic acids is 1. The lowest BCUT2D eigenvalue weighted by Crippen LogP contribution is -2.45. The van der Waals surface area contributed by atoms with Crippen LogP contribution >= 0.6 is 0 Å². The number of hydrogen-bond acceptors (Lipinski definition) is 3. The van der Waals surface area contributed by atoms with Crippen LogP contribution in [0.4, 0.5) is 0 Å². The molecule has 1 aliphatic carbocycles. The van der Waals surface area contributed by atoms with Crippen molar-refractivity contribution in [3.05, 3.63) is 0 Å². The van der Waals surface area contributed by atoms with Gasteiger partial charge in [0.05, 0.1) is 5.92 Å². The second kappa shape index (κ2) is 6.48. The minimum Gasteiger partial charge on any atom is -0.481 e. The van der Waals surface area contributed by atoms with Gasteiger partial charge in [-0.15, -0.1) is 0 Å². The van der Waals surface area contributed by atoms with Crippen molar-refractivity contribution in [2.75, 3.05) is 6.54 Å². The van der Waals surface area contributed by atoms with Crippen molar-refractivity contribution in [1.29, 1.82) is 0 Å². The molecule has 2 atom stereocenters. The molecule has 5 nitrogen and oxygen atoms in total. The minimum absolute atomic E-state index is 0.0800. The van der Waals surface area contributed by atoms with Gasteiger partial charge in [-0.2, -0.15) is 0 Å². The molecule has 0 spiro atoms. The van der Waals surface area contributed by atoms with Crippen molar-refractivity contribution in [3.8, 4) is 0 Å². The van der Waals surface area contributed by atoms with Crippen LogP contribution < -0.4 is 11.1 Å². The molecular formula is C11H20N2O3. The topological polar surface area (TPSA) is 92.4 Å². The summed E-state index contributed by atoms with van der Waals surface area (Å²) in [6.45, 7) is 0.487. The van der Waals surface area contributed by atoms with E-state index in [9.17, 15) is 9.59 Å². The maximum absolute atomic E-state index is 11.5. The maximum atomic E-state index is 11.5. The molecule has 4 N–H and O–H groups in total. The van der Waals surface area contributed by atoms with Gasteiger partial charge >= 0.3 is 5.97 Å². The van der Waals surface area contributed by atoms with E-state index in [0.29, 0.717) is 25.8 Å². The lowest BCUT2D eigenvalue weighted by atomic mass is 9.84. The first kappa shape index (κ1) is 13.0. The first-order valence-corrected chi connectivity index (χ1v) is 5.87. The van der Waals surface area contributed by atoms with Crippen molar-refractivity contribution in [3.63, 3.8) is 0 Å². The molecule has 92 valence electrons. The average molecular weight is 228 g/mol. The Morgan fingerprint density at radius 2 is 2.00 bits per heavy atom. The quantitative estimate of drug-likeness (QED) is 0.638. The molecule has 1 fully saturated rings. The number of amides is 1. The molecular weight excluding hydrogens is 208 g/mol. The number of nitrogens with two attached hydrogens (primary N) is 1. The van der Waals surface area contributed by atoms with Gasteiger partial charge in [0.1, 0.15) is 0 Å². The molecule has 0 aromatic carbocycles. The number of hydrogen-bond donors (Lipinski definition) is 3. The number of carboxylic acids is 1. The van der Waals surface area contributed by atoms with Gasteiger partial charge in [-0.1, -0.05) is 12.8 Å².